The number of rotatable bonds is 4. The Labute approximate surface area is 165 Å². The summed E-state index contributed by atoms with van der Waals surface area (Å²) in [7, 11) is 2.90. The van der Waals surface area contributed by atoms with Gasteiger partial charge in [-0.1, -0.05) is 24.3 Å². The van der Waals surface area contributed by atoms with Crippen molar-refractivity contribution >= 4 is 17.6 Å². The van der Waals surface area contributed by atoms with Crippen LogP contribution in [0.1, 0.15) is 18.4 Å². The van der Waals surface area contributed by atoms with E-state index in [0.29, 0.717) is 12.0 Å². The summed E-state index contributed by atoms with van der Waals surface area (Å²) in [4.78, 5) is 28.0. The highest BCUT2D eigenvalue weighted by Gasteiger charge is 2.60. The van der Waals surface area contributed by atoms with Crippen LogP contribution in [0.3, 0.4) is 0 Å². The van der Waals surface area contributed by atoms with E-state index >= 15 is 0 Å². The zero-order chi connectivity index (χ0) is 19.9. The second kappa shape index (κ2) is 7.09. The molecule has 1 N–H and O–H groups in total. The van der Waals surface area contributed by atoms with Gasteiger partial charge >= 0.3 is 5.97 Å². The van der Waals surface area contributed by atoms with Crippen LogP contribution in [-0.2, 0) is 24.5 Å². The van der Waals surface area contributed by atoms with Gasteiger partial charge in [-0.3, -0.25) is 9.69 Å². The molecule has 1 aromatic rings. The number of benzene rings is 1. The van der Waals surface area contributed by atoms with Crippen molar-refractivity contribution in [3.8, 4) is 0 Å². The van der Waals surface area contributed by atoms with Crippen molar-refractivity contribution in [3.05, 3.63) is 54.3 Å². The first-order valence-corrected chi connectivity index (χ1v) is 9.65. The summed E-state index contributed by atoms with van der Waals surface area (Å²) in [5.41, 5.74) is 1.90. The number of piperidine rings is 1. The maximum Gasteiger partial charge on any atom is 0.337 e. The van der Waals surface area contributed by atoms with E-state index in [1.807, 2.05) is 24.3 Å². The molecule has 0 radical (unpaired) electrons. The van der Waals surface area contributed by atoms with E-state index in [9.17, 15) is 9.59 Å². The zero-order valence-electron chi connectivity index (χ0n) is 16.3. The predicted molar refractivity (Wildman–Crippen MR) is 106 cm³/mol. The van der Waals surface area contributed by atoms with Crippen molar-refractivity contribution in [1.82, 2.24) is 4.90 Å². The molecule has 3 aliphatic heterocycles. The number of hydrogen-bond donors (Lipinski definition) is 1. The molecule has 28 heavy (non-hydrogen) atoms. The topological polar surface area (TPSA) is 67.9 Å². The van der Waals surface area contributed by atoms with E-state index < -0.39 is 11.4 Å². The van der Waals surface area contributed by atoms with E-state index in [0.717, 1.165) is 30.8 Å². The van der Waals surface area contributed by atoms with Crippen LogP contribution in [0.4, 0.5) is 5.69 Å². The first-order chi connectivity index (χ1) is 13.6. The average molecular weight is 382 g/mol. The van der Waals surface area contributed by atoms with Crippen molar-refractivity contribution < 1.29 is 19.1 Å². The van der Waals surface area contributed by atoms with Gasteiger partial charge in [0.25, 0.3) is 0 Å². The molecular weight excluding hydrogens is 356 g/mol. The molecule has 0 saturated carbocycles. The smallest absolute Gasteiger partial charge is 0.337 e. The number of anilines is 1. The van der Waals surface area contributed by atoms with Crippen LogP contribution in [0.25, 0.3) is 0 Å². The van der Waals surface area contributed by atoms with E-state index in [1.54, 1.807) is 0 Å². The lowest BCUT2D eigenvalue weighted by Gasteiger charge is -2.44. The van der Waals surface area contributed by atoms with Gasteiger partial charge in [-0.2, -0.15) is 0 Å². The fourth-order valence-corrected chi connectivity index (χ4v) is 5.38. The third-order valence-electron chi connectivity index (χ3n) is 6.67. The number of methoxy groups -OCH3 is 2. The number of nitrogens with zero attached hydrogens (tertiary/aromatic N) is 1. The minimum absolute atomic E-state index is 0.0160. The van der Waals surface area contributed by atoms with E-state index in [2.05, 4.69) is 22.9 Å². The quantitative estimate of drug-likeness (QED) is 0.375. The van der Waals surface area contributed by atoms with Gasteiger partial charge < -0.3 is 14.8 Å². The molecule has 4 atom stereocenters. The van der Waals surface area contributed by atoms with Gasteiger partial charge in [-0.25, -0.2) is 4.79 Å². The molecule has 4 rings (SSSR count). The third kappa shape index (κ3) is 2.58. The molecule has 3 aliphatic rings. The largest absolute Gasteiger partial charge is 0.504 e. The highest BCUT2D eigenvalue weighted by molar-refractivity contribution is 6.07. The summed E-state index contributed by atoms with van der Waals surface area (Å²) in [5.74, 6) is -0.351. The van der Waals surface area contributed by atoms with Crippen molar-refractivity contribution in [2.75, 3.05) is 32.6 Å². The Hall–Kier alpha value is -2.60. The maximum absolute atomic E-state index is 13.2. The second-order valence-electron chi connectivity index (χ2n) is 7.77. The standard InChI is InChI=1S/C22H26N2O4/c1-4-14-12-24-10-9-22(17-7-5-6-8-18(17)23-21(22)26)19(24)11-15(14)16(13-27-2)20(25)28-3/h4-8,13-15,19H,1,9-12H2,2-3H3,(H,23,26)/b16-13+/t14-,15-,19-,22-/m1/s1. The Bertz CT molecular complexity index is 849. The Balaban J connectivity index is 1.75. The van der Waals surface area contributed by atoms with E-state index in [1.165, 1.54) is 20.5 Å². The van der Waals surface area contributed by atoms with Crippen LogP contribution >= 0.6 is 0 Å². The number of carbonyl (C=O) groups excluding carboxylic acids is 2. The van der Waals surface area contributed by atoms with Crippen molar-refractivity contribution in [3.63, 3.8) is 0 Å². The van der Waals surface area contributed by atoms with Gasteiger partial charge in [0, 0.05) is 24.2 Å². The first kappa shape index (κ1) is 18.7. The number of amides is 1. The lowest BCUT2D eigenvalue weighted by molar-refractivity contribution is -0.137. The fourth-order valence-electron chi connectivity index (χ4n) is 5.38. The van der Waals surface area contributed by atoms with Crippen LogP contribution < -0.4 is 5.32 Å². The minimum atomic E-state index is -0.574. The van der Waals surface area contributed by atoms with Gasteiger partial charge in [-0.05, 0) is 36.9 Å². The predicted octanol–water partition coefficient (Wildman–Crippen LogP) is 2.48. The number of carbonyl (C=O) groups is 2. The van der Waals surface area contributed by atoms with Crippen molar-refractivity contribution in [2.24, 2.45) is 11.8 Å². The van der Waals surface area contributed by atoms with Gasteiger partial charge in [-0.15, -0.1) is 6.58 Å². The lowest BCUT2D eigenvalue weighted by Crippen LogP contribution is -2.53. The summed E-state index contributed by atoms with van der Waals surface area (Å²) < 4.78 is 10.2. The van der Waals surface area contributed by atoms with Crippen LogP contribution in [0.2, 0.25) is 0 Å². The number of ether oxygens (including phenoxy) is 2. The normalized spacial score (nSPS) is 31.9. The van der Waals surface area contributed by atoms with Gasteiger partial charge in [0.05, 0.1) is 31.5 Å². The molecule has 0 unspecified atom stereocenters. The van der Waals surface area contributed by atoms with Crippen LogP contribution in [-0.4, -0.2) is 50.1 Å². The molecule has 1 aromatic carbocycles. The van der Waals surface area contributed by atoms with E-state index in [4.69, 9.17) is 9.47 Å². The van der Waals surface area contributed by atoms with Crippen molar-refractivity contribution in [2.45, 2.75) is 24.3 Å². The molecule has 3 heterocycles. The molecule has 1 spiro atoms. The SMILES string of the molecule is C=C[C@@H]1CN2CC[C@]3(C(=O)Nc4ccccc43)[C@H]2C[C@H]1/C(=C\OC)C(=O)OC. The highest BCUT2D eigenvalue weighted by Crippen LogP contribution is 2.52. The molecule has 0 bridgehead atoms. The molecule has 0 aliphatic carbocycles. The summed E-state index contributed by atoms with van der Waals surface area (Å²) >= 11 is 0. The van der Waals surface area contributed by atoms with E-state index in [-0.39, 0.29) is 23.8 Å². The monoisotopic (exact) mass is 382 g/mol. The Morgan fingerprint density at radius 2 is 2.14 bits per heavy atom. The van der Waals surface area contributed by atoms with Crippen LogP contribution in [0.15, 0.2) is 48.8 Å². The summed E-state index contributed by atoms with van der Waals surface area (Å²) in [6.07, 6.45) is 4.83. The third-order valence-corrected chi connectivity index (χ3v) is 6.67. The molecule has 2 fully saturated rings. The minimum Gasteiger partial charge on any atom is -0.504 e. The molecule has 6 heteroatoms. The van der Waals surface area contributed by atoms with Crippen LogP contribution in [0.5, 0.6) is 0 Å². The van der Waals surface area contributed by atoms with Crippen LogP contribution in [0, 0.1) is 11.8 Å². The van der Waals surface area contributed by atoms with Gasteiger partial charge in [0.15, 0.2) is 0 Å². The fraction of sp³-hybridized carbons (Fsp3) is 0.455. The van der Waals surface area contributed by atoms with Gasteiger partial charge in [0.2, 0.25) is 5.91 Å². The van der Waals surface area contributed by atoms with Gasteiger partial charge in [0.1, 0.15) is 0 Å². The summed E-state index contributed by atoms with van der Waals surface area (Å²) in [5, 5.41) is 3.07. The zero-order valence-corrected chi connectivity index (χ0v) is 16.3. The number of para-hydroxylation sites is 1. The Morgan fingerprint density at radius 3 is 2.86 bits per heavy atom. The molecule has 1 amide bonds. The first-order valence-electron chi connectivity index (χ1n) is 9.65. The molecule has 6 nitrogen and oxygen atoms in total. The maximum atomic E-state index is 13.2. The Kier molecular flexibility index (Phi) is 4.75. The molecule has 2 saturated heterocycles. The van der Waals surface area contributed by atoms with Crippen molar-refractivity contribution in [1.29, 1.82) is 0 Å². The summed E-state index contributed by atoms with van der Waals surface area (Å²) in [6.45, 7) is 5.60. The molecule has 148 valence electrons. The highest BCUT2D eigenvalue weighted by atomic mass is 16.5. The molecule has 0 aromatic heterocycles. The Morgan fingerprint density at radius 1 is 1.36 bits per heavy atom. The number of esters is 1. The number of nitrogens with one attached hydrogen (secondary N) is 1. The second-order valence-corrected chi connectivity index (χ2v) is 7.77. The number of fused-ring (bicyclic) bond motifs is 4. The lowest BCUT2D eigenvalue weighted by atomic mass is 9.68. The number of hydrogen-bond acceptors (Lipinski definition) is 5. The summed E-state index contributed by atoms with van der Waals surface area (Å²) in [6, 6.07) is 7.96. The molecular formula is C22H26N2O4. The average Bonchev–Trinajstić information content (AvgIpc) is 3.23.